The summed E-state index contributed by atoms with van der Waals surface area (Å²) in [6, 6.07) is -0.681. The van der Waals surface area contributed by atoms with E-state index in [2.05, 4.69) is 49.5 Å². The third-order valence-corrected chi connectivity index (χ3v) is 7.82. The molecule has 2 saturated heterocycles. The van der Waals surface area contributed by atoms with Gasteiger partial charge < -0.3 is 34.7 Å². The lowest BCUT2D eigenvalue weighted by Crippen LogP contribution is -2.53. The van der Waals surface area contributed by atoms with Gasteiger partial charge in [-0.05, 0) is 20.8 Å². The van der Waals surface area contributed by atoms with Gasteiger partial charge in [0.15, 0.2) is 0 Å². The standard InChI is InChI=1S/C16H32N2O5Si.C11H24N2O3Si/c1-16(2,3)23-15(20)17-7-8-18-9-10-21-11-13(18)14(19)22-12-24(4,5)6;1-17(2,3)9-16-11(14)10-8-15-7-6-13(10)5-4-12/h13H,7-12H2,1-6H3,(H,17,20);10H,4-9,12H2,1-3H3. The molecule has 240 valence electrons. The van der Waals surface area contributed by atoms with Crippen LogP contribution in [-0.2, 0) is 33.3 Å². The van der Waals surface area contributed by atoms with E-state index in [1.807, 2.05) is 25.7 Å². The summed E-state index contributed by atoms with van der Waals surface area (Å²) in [5, 5.41) is 2.71. The van der Waals surface area contributed by atoms with Crippen molar-refractivity contribution in [2.24, 2.45) is 5.73 Å². The second kappa shape index (κ2) is 17.5. The minimum atomic E-state index is -1.44. The van der Waals surface area contributed by atoms with E-state index in [-0.39, 0.29) is 18.0 Å². The molecular formula is C27H56N4O8Si2. The number of rotatable bonds is 11. The largest absolute Gasteiger partial charge is 0.468 e. The summed E-state index contributed by atoms with van der Waals surface area (Å²) in [6.07, 6.45) is 0.624. The molecule has 0 bridgehead atoms. The van der Waals surface area contributed by atoms with Gasteiger partial charge in [0, 0.05) is 39.3 Å². The van der Waals surface area contributed by atoms with Crippen LogP contribution in [0.3, 0.4) is 0 Å². The molecule has 2 aliphatic rings. The fraction of sp³-hybridized carbons (Fsp3) is 0.889. The van der Waals surface area contributed by atoms with Gasteiger partial charge in [0.1, 0.15) is 17.7 Å². The third kappa shape index (κ3) is 17.2. The molecule has 3 N–H and O–H groups in total. The van der Waals surface area contributed by atoms with Gasteiger partial charge in [0.2, 0.25) is 0 Å². The summed E-state index contributed by atoms with van der Waals surface area (Å²) in [6.45, 7) is 24.1. The first-order chi connectivity index (χ1) is 18.9. The van der Waals surface area contributed by atoms with E-state index >= 15 is 0 Å². The molecule has 0 aromatic rings. The van der Waals surface area contributed by atoms with E-state index < -0.39 is 33.9 Å². The van der Waals surface area contributed by atoms with Gasteiger partial charge >= 0.3 is 18.0 Å². The second-order valence-corrected chi connectivity index (χ2v) is 24.6. The molecule has 0 aromatic heterocycles. The van der Waals surface area contributed by atoms with Gasteiger partial charge in [0.25, 0.3) is 0 Å². The van der Waals surface area contributed by atoms with Crippen molar-refractivity contribution in [3.8, 4) is 0 Å². The van der Waals surface area contributed by atoms with E-state index in [4.69, 9.17) is 29.4 Å². The van der Waals surface area contributed by atoms with Gasteiger partial charge in [0.05, 0.1) is 55.0 Å². The number of carbonyl (C=O) groups excluding carboxylic acids is 3. The molecule has 2 unspecified atom stereocenters. The van der Waals surface area contributed by atoms with Gasteiger partial charge in [-0.3, -0.25) is 19.4 Å². The Morgan fingerprint density at radius 3 is 1.66 bits per heavy atom. The molecule has 0 radical (unpaired) electrons. The highest BCUT2D eigenvalue weighted by Crippen LogP contribution is 2.12. The Hall–Kier alpha value is -1.56. The van der Waals surface area contributed by atoms with Crippen molar-refractivity contribution in [1.82, 2.24) is 15.1 Å². The number of hydrogen-bond donors (Lipinski definition) is 2. The van der Waals surface area contributed by atoms with E-state index in [1.165, 1.54) is 0 Å². The minimum Gasteiger partial charge on any atom is -0.468 e. The monoisotopic (exact) mass is 620 g/mol. The van der Waals surface area contributed by atoms with Crippen LogP contribution in [0, 0.1) is 0 Å². The number of nitrogens with one attached hydrogen (secondary N) is 1. The Kier molecular flexibility index (Phi) is 16.0. The fourth-order valence-corrected chi connectivity index (χ4v) is 4.95. The number of morpholine rings is 2. The first-order valence-corrected chi connectivity index (χ1v) is 22.0. The number of esters is 2. The van der Waals surface area contributed by atoms with Crippen LogP contribution in [0.2, 0.25) is 39.3 Å². The molecule has 1 amide bonds. The average molecular weight is 621 g/mol. The number of carbonyl (C=O) groups is 3. The number of nitrogens with zero attached hydrogens (tertiary/aromatic N) is 2. The minimum absolute atomic E-state index is 0.166. The maximum absolute atomic E-state index is 12.3. The Morgan fingerprint density at radius 2 is 1.27 bits per heavy atom. The molecule has 41 heavy (non-hydrogen) atoms. The highest BCUT2D eigenvalue weighted by molar-refractivity contribution is 6.76. The van der Waals surface area contributed by atoms with Crippen molar-refractivity contribution in [1.29, 1.82) is 0 Å². The molecule has 0 aliphatic carbocycles. The highest BCUT2D eigenvalue weighted by atomic mass is 28.3. The number of alkyl carbamates (subject to hydrolysis) is 1. The van der Waals surface area contributed by atoms with Crippen molar-refractivity contribution in [2.45, 2.75) is 77.7 Å². The highest BCUT2D eigenvalue weighted by Gasteiger charge is 2.32. The summed E-state index contributed by atoms with van der Waals surface area (Å²) in [5.41, 5.74) is 5.02. The normalized spacial score (nSPS) is 20.8. The summed E-state index contributed by atoms with van der Waals surface area (Å²) in [4.78, 5) is 40.0. The van der Waals surface area contributed by atoms with Gasteiger partial charge in [-0.2, -0.15) is 0 Å². The Balaban J connectivity index is 0.000000435. The third-order valence-electron chi connectivity index (χ3n) is 5.80. The zero-order chi connectivity index (χ0) is 31.3. The van der Waals surface area contributed by atoms with Crippen LogP contribution in [0.4, 0.5) is 4.79 Å². The van der Waals surface area contributed by atoms with E-state index in [0.29, 0.717) is 65.1 Å². The molecule has 12 nitrogen and oxygen atoms in total. The molecule has 0 aromatic carbocycles. The number of nitrogens with two attached hydrogens (primary N) is 1. The fourth-order valence-electron chi connectivity index (χ4n) is 3.79. The number of amides is 1. The van der Waals surface area contributed by atoms with Crippen LogP contribution >= 0.6 is 0 Å². The molecule has 2 aliphatic heterocycles. The molecule has 2 atom stereocenters. The van der Waals surface area contributed by atoms with Crippen LogP contribution in [0.5, 0.6) is 0 Å². The van der Waals surface area contributed by atoms with Crippen LogP contribution in [0.15, 0.2) is 0 Å². The van der Waals surface area contributed by atoms with Gasteiger partial charge in [-0.25, -0.2) is 4.79 Å². The molecular weight excluding hydrogens is 564 g/mol. The van der Waals surface area contributed by atoms with Crippen LogP contribution in [0.1, 0.15) is 20.8 Å². The molecule has 14 heteroatoms. The smallest absolute Gasteiger partial charge is 0.407 e. The predicted molar refractivity (Wildman–Crippen MR) is 164 cm³/mol. The first kappa shape index (κ1) is 37.5. The lowest BCUT2D eigenvalue weighted by molar-refractivity contribution is -0.155. The quantitative estimate of drug-likeness (QED) is 0.198. The summed E-state index contributed by atoms with van der Waals surface area (Å²) in [5.74, 6) is -0.407. The average Bonchev–Trinajstić information content (AvgIpc) is 2.85. The Morgan fingerprint density at radius 1 is 0.829 bits per heavy atom. The first-order valence-electron chi connectivity index (χ1n) is 14.6. The van der Waals surface area contributed by atoms with E-state index in [0.717, 1.165) is 13.1 Å². The lowest BCUT2D eigenvalue weighted by atomic mass is 10.2. The summed E-state index contributed by atoms with van der Waals surface area (Å²) >= 11 is 0. The number of hydrogen-bond acceptors (Lipinski definition) is 11. The lowest BCUT2D eigenvalue weighted by Gasteiger charge is -2.34. The van der Waals surface area contributed by atoms with Crippen molar-refractivity contribution >= 4 is 34.2 Å². The second-order valence-electron chi connectivity index (χ2n) is 13.8. The maximum Gasteiger partial charge on any atom is 0.407 e. The van der Waals surface area contributed by atoms with Crippen LogP contribution < -0.4 is 11.1 Å². The predicted octanol–water partition coefficient (Wildman–Crippen LogP) is 1.70. The Bertz CT molecular complexity index is 813. The SMILES string of the molecule is CC(C)(C)OC(=O)NCCN1CCOCC1C(=O)OC[Si](C)(C)C.C[Si](C)(C)COC(=O)C1COCCN1CCN. The zero-order valence-electron chi connectivity index (χ0n) is 26.9. The van der Waals surface area contributed by atoms with Crippen molar-refractivity contribution in [3.63, 3.8) is 0 Å². The molecule has 0 spiro atoms. The topological polar surface area (TPSA) is 142 Å². The van der Waals surface area contributed by atoms with Crippen molar-refractivity contribution in [3.05, 3.63) is 0 Å². The summed E-state index contributed by atoms with van der Waals surface area (Å²) in [7, 11) is -2.80. The summed E-state index contributed by atoms with van der Waals surface area (Å²) < 4.78 is 26.8. The molecule has 2 fully saturated rings. The van der Waals surface area contributed by atoms with E-state index in [1.54, 1.807) is 0 Å². The van der Waals surface area contributed by atoms with Gasteiger partial charge in [-0.15, -0.1) is 0 Å². The van der Waals surface area contributed by atoms with Crippen LogP contribution in [0.25, 0.3) is 0 Å². The van der Waals surface area contributed by atoms with Crippen molar-refractivity contribution < 1.29 is 38.1 Å². The Labute approximate surface area is 248 Å². The molecule has 0 saturated carbocycles. The van der Waals surface area contributed by atoms with Crippen molar-refractivity contribution in [2.75, 3.05) is 78.2 Å². The zero-order valence-corrected chi connectivity index (χ0v) is 28.9. The maximum atomic E-state index is 12.3. The molecule has 2 rings (SSSR count). The molecule has 2 heterocycles. The number of ether oxygens (including phenoxy) is 5. The van der Waals surface area contributed by atoms with E-state index in [9.17, 15) is 14.4 Å². The van der Waals surface area contributed by atoms with Gasteiger partial charge in [-0.1, -0.05) is 39.3 Å². The van der Waals surface area contributed by atoms with Crippen LogP contribution in [-0.4, -0.2) is 140 Å².